The van der Waals surface area contributed by atoms with Crippen molar-refractivity contribution in [2.75, 3.05) is 5.88 Å². The van der Waals surface area contributed by atoms with Gasteiger partial charge in [0.15, 0.2) is 0 Å². The molecule has 0 unspecified atom stereocenters. The van der Waals surface area contributed by atoms with E-state index < -0.39 is 0 Å². The quantitative estimate of drug-likeness (QED) is 0.655. The first kappa shape index (κ1) is 12.5. The fourth-order valence-corrected chi connectivity index (χ4v) is 3.25. The van der Waals surface area contributed by atoms with Crippen LogP contribution in [0.1, 0.15) is 31.2 Å². The van der Waals surface area contributed by atoms with Gasteiger partial charge < -0.3 is 0 Å². The Hall–Kier alpha value is 0.0900. The van der Waals surface area contributed by atoms with E-state index in [1.807, 2.05) is 12.1 Å². The molecule has 1 aliphatic rings. The van der Waals surface area contributed by atoms with E-state index in [9.17, 15) is 0 Å². The van der Waals surface area contributed by atoms with E-state index in [1.54, 1.807) is 0 Å². The number of halogens is 3. The van der Waals surface area contributed by atoms with Crippen LogP contribution in [0, 0.1) is 5.41 Å². The lowest BCUT2D eigenvalue weighted by atomic mass is 9.82. The van der Waals surface area contributed by atoms with E-state index in [0.717, 1.165) is 12.3 Å². The van der Waals surface area contributed by atoms with Crippen LogP contribution in [-0.4, -0.2) is 5.88 Å². The van der Waals surface area contributed by atoms with Crippen molar-refractivity contribution in [1.82, 2.24) is 0 Å². The molecule has 16 heavy (non-hydrogen) atoms. The van der Waals surface area contributed by atoms with Crippen LogP contribution in [0.15, 0.2) is 18.2 Å². The largest absolute Gasteiger partial charge is 0.126 e. The van der Waals surface area contributed by atoms with E-state index in [2.05, 4.69) is 6.07 Å². The van der Waals surface area contributed by atoms with E-state index in [-0.39, 0.29) is 0 Å². The smallest absolute Gasteiger partial charge is 0.0595 e. The van der Waals surface area contributed by atoms with Crippen molar-refractivity contribution >= 4 is 34.8 Å². The highest BCUT2D eigenvalue weighted by Gasteiger charge is 2.33. The van der Waals surface area contributed by atoms with Crippen LogP contribution < -0.4 is 0 Å². The van der Waals surface area contributed by atoms with Gasteiger partial charge in [-0.1, -0.05) is 42.1 Å². The van der Waals surface area contributed by atoms with Crippen LogP contribution in [0.3, 0.4) is 0 Å². The fourth-order valence-electron chi connectivity index (χ4n) is 2.57. The third-order valence-corrected chi connectivity index (χ3v) is 4.82. The molecule has 1 aliphatic carbocycles. The van der Waals surface area contributed by atoms with Crippen molar-refractivity contribution in [3.63, 3.8) is 0 Å². The lowest BCUT2D eigenvalue weighted by Gasteiger charge is -2.26. The first-order chi connectivity index (χ1) is 7.65. The molecular formula is C13H15Cl3. The summed E-state index contributed by atoms with van der Waals surface area (Å²) in [5, 5.41) is 1.26. The minimum Gasteiger partial charge on any atom is -0.126 e. The van der Waals surface area contributed by atoms with Crippen LogP contribution in [0.5, 0.6) is 0 Å². The van der Waals surface area contributed by atoms with Gasteiger partial charge in [0.1, 0.15) is 0 Å². The van der Waals surface area contributed by atoms with Gasteiger partial charge in [0, 0.05) is 5.88 Å². The number of hydrogen-bond acceptors (Lipinski definition) is 0. The number of rotatable bonds is 3. The van der Waals surface area contributed by atoms with Crippen LogP contribution in [0.2, 0.25) is 10.0 Å². The number of benzene rings is 1. The standard InChI is InChI=1S/C13H15Cl3/c14-9-13(5-1-2-6-13)8-10-3-4-11(15)12(16)7-10/h3-4,7H,1-2,5-6,8-9H2. The van der Waals surface area contributed by atoms with E-state index >= 15 is 0 Å². The van der Waals surface area contributed by atoms with Gasteiger partial charge >= 0.3 is 0 Å². The molecule has 88 valence electrons. The Morgan fingerprint density at radius 2 is 1.75 bits per heavy atom. The molecular weight excluding hydrogens is 263 g/mol. The topological polar surface area (TPSA) is 0 Å². The Morgan fingerprint density at radius 3 is 2.31 bits per heavy atom. The van der Waals surface area contributed by atoms with Gasteiger partial charge in [0.25, 0.3) is 0 Å². The molecule has 1 aromatic carbocycles. The van der Waals surface area contributed by atoms with Gasteiger partial charge in [-0.05, 0) is 42.4 Å². The van der Waals surface area contributed by atoms with Crippen molar-refractivity contribution in [1.29, 1.82) is 0 Å². The highest BCUT2D eigenvalue weighted by Crippen LogP contribution is 2.42. The van der Waals surface area contributed by atoms with Crippen molar-refractivity contribution in [2.45, 2.75) is 32.1 Å². The summed E-state index contributed by atoms with van der Waals surface area (Å²) in [5.74, 6) is 0.743. The summed E-state index contributed by atoms with van der Waals surface area (Å²) in [6.45, 7) is 0. The second kappa shape index (κ2) is 5.16. The van der Waals surface area contributed by atoms with Gasteiger partial charge in [-0.3, -0.25) is 0 Å². The summed E-state index contributed by atoms with van der Waals surface area (Å²) in [7, 11) is 0. The summed E-state index contributed by atoms with van der Waals surface area (Å²) < 4.78 is 0. The molecule has 0 bridgehead atoms. The average Bonchev–Trinajstić information content (AvgIpc) is 2.73. The third kappa shape index (κ3) is 2.67. The predicted molar refractivity (Wildman–Crippen MR) is 71.8 cm³/mol. The summed E-state index contributed by atoms with van der Waals surface area (Å²) in [6.07, 6.45) is 6.09. The van der Waals surface area contributed by atoms with Crippen LogP contribution in [0.4, 0.5) is 0 Å². The van der Waals surface area contributed by atoms with Gasteiger partial charge in [-0.25, -0.2) is 0 Å². The van der Waals surface area contributed by atoms with Crippen molar-refractivity contribution in [3.05, 3.63) is 33.8 Å². The molecule has 0 aliphatic heterocycles. The maximum atomic E-state index is 6.13. The van der Waals surface area contributed by atoms with E-state index in [0.29, 0.717) is 15.5 Å². The zero-order valence-electron chi connectivity index (χ0n) is 9.11. The molecule has 0 radical (unpaired) electrons. The molecule has 3 heteroatoms. The molecule has 1 fully saturated rings. The highest BCUT2D eigenvalue weighted by molar-refractivity contribution is 6.42. The number of hydrogen-bond donors (Lipinski definition) is 0. The van der Waals surface area contributed by atoms with Gasteiger partial charge in [0.2, 0.25) is 0 Å². The van der Waals surface area contributed by atoms with Crippen molar-refractivity contribution in [3.8, 4) is 0 Å². The Bertz CT molecular complexity index is 367. The lowest BCUT2D eigenvalue weighted by Crippen LogP contribution is -2.21. The summed E-state index contributed by atoms with van der Waals surface area (Å²) in [4.78, 5) is 0. The number of alkyl halides is 1. The molecule has 2 rings (SSSR count). The monoisotopic (exact) mass is 276 g/mol. The Morgan fingerprint density at radius 1 is 1.06 bits per heavy atom. The predicted octanol–water partition coefficient (Wildman–Crippen LogP) is 5.34. The Kier molecular flexibility index (Phi) is 4.05. The van der Waals surface area contributed by atoms with E-state index in [1.165, 1.54) is 31.2 Å². The maximum absolute atomic E-state index is 6.13. The van der Waals surface area contributed by atoms with Crippen LogP contribution in [0.25, 0.3) is 0 Å². The molecule has 0 saturated heterocycles. The second-order valence-electron chi connectivity index (χ2n) is 4.77. The average molecular weight is 278 g/mol. The maximum Gasteiger partial charge on any atom is 0.0595 e. The summed E-state index contributed by atoms with van der Waals surface area (Å²) in [5.41, 5.74) is 1.54. The molecule has 0 N–H and O–H groups in total. The fraction of sp³-hybridized carbons (Fsp3) is 0.538. The van der Waals surface area contributed by atoms with E-state index in [4.69, 9.17) is 34.8 Å². The Labute approximate surface area is 112 Å². The van der Waals surface area contributed by atoms with Crippen LogP contribution >= 0.6 is 34.8 Å². The van der Waals surface area contributed by atoms with Crippen molar-refractivity contribution < 1.29 is 0 Å². The Balaban J connectivity index is 2.16. The minimum absolute atomic E-state index is 0.290. The first-order valence-corrected chi connectivity index (χ1v) is 6.94. The molecule has 0 spiro atoms. The molecule has 0 amide bonds. The normalized spacial score (nSPS) is 18.9. The minimum atomic E-state index is 0.290. The second-order valence-corrected chi connectivity index (χ2v) is 5.85. The molecule has 0 nitrogen and oxygen atoms in total. The SMILES string of the molecule is ClCC1(Cc2ccc(Cl)c(Cl)c2)CCCC1. The summed E-state index contributed by atoms with van der Waals surface area (Å²) in [6, 6.07) is 5.90. The third-order valence-electron chi connectivity index (χ3n) is 3.51. The van der Waals surface area contributed by atoms with Crippen molar-refractivity contribution in [2.24, 2.45) is 5.41 Å². The highest BCUT2D eigenvalue weighted by atomic mass is 35.5. The molecule has 0 aromatic heterocycles. The molecule has 1 aromatic rings. The van der Waals surface area contributed by atoms with Crippen LogP contribution in [-0.2, 0) is 6.42 Å². The van der Waals surface area contributed by atoms with Gasteiger partial charge in [-0.15, -0.1) is 11.6 Å². The molecule has 1 saturated carbocycles. The zero-order chi connectivity index (χ0) is 11.6. The molecule has 0 atom stereocenters. The zero-order valence-corrected chi connectivity index (χ0v) is 11.4. The molecule has 0 heterocycles. The lowest BCUT2D eigenvalue weighted by molar-refractivity contribution is 0.341. The van der Waals surface area contributed by atoms with Gasteiger partial charge in [-0.2, -0.15) is 0 Å². The first-order valence-electron chi connectivity index (χ1n) is 5.65. The van der Waals surface area contributed by atoms with Gasteiger partial charge in [0.05, 0.1) is 10.0 Å². The summed E-state index contributed by atoms with van der Waals surface area (Å²) >= 11 is 18.1.